The molecule has 18 heavy (non-hydrogen) atoms. The van der Waals surface area contributed by atoms with Gasteiger partial charge in [-0.1, -0.05) is 42.1 Å². The average Bonchev–Trinajstić information content (AvgIpc) is 2.66. The van der Waals surface area contributed by atoms with E-state index in [2.05, 4.69) is 49.0 Å². The highest BCUT2D eigenvalue weighted by atomic mass is 79.9. The van der Waals surface area contributed by atoms with Crippen molar-refractivity contribution in [3.05, 3.63) is 45.1 Å². The third-order valence-electron chi connectivity index (χ3n) is 2.30. The Balaban J connectivity index is 2.11. The molecule has 1 heterocycles. The predicted molar refractivity (Wildman–Crippen MR) is 80.6 cm³/mol. The fraction of sp³-hybridized carbons (Fsp3) is 0.250. The zero-order valence-electron chi connectivity index (χ0n) is 9.77. The smallest absolute Gasteiger partial charge is 0.172 e. The summed E-state index contributed by atoms with van der Waals surface area (Å²) in [6, 6.07) is 10.3. The summed E-state index contributed by atoms with van der Waals surface area (Å²) < 4.78 is 8.86. The van der Waals surface area contributed by atoms with E-state index in [1.54, 1.807) is 18.9 Å². The van der Waals surface area contributed by atoms with Crippen molar-refractivity contribution in [1.29, 1.82) is 0 Å². The van der Waals surface area contributed by atoms with E-state index in [4.69, 9.17) is 4.74 Å². The molecule has 0 amide bonds. The Morgan fingerprint density at radius 1 is 1.28 bits per heavy atom. The van der Waals surface area contributed by atoms with Crippen molar-refractivity contribution in [2.45, 2.75) is 17.6 Å². The van der Waals surface area contributed by atoms with Crippen molar-refractivity contribution in [2.75, 3.05) is 7.11 Å². The lowest BCUT2D eigenvalue weighted by molar-refractivity contribution is 0.122. The van der Waals surface area contributed by atoms with Crippen LogP contribution in [-0.4, -0.2) is 16.7 Å². The van der Waals surface area contributed by atoms with Crippen LogP contribution < -0.4 is 0 Å². The van der Waals surface area contributed by atoms with Gasteiger partial charge >= 0.3 is 0 Å². The lowest BCUT2D eigenvalue weighted by Gasteiger charge is -2.07. The average molecular weight is 392 g/mol. The molecule has 1 aromatic carbocycles. The molecule has 3 nitrogen and oxygen atoms in total. The number of benzene rings is 1. The van der Waals surface area contributed by atoms with Gasteiger partial charge in [-0.15, -0.1) is 0 Å². The molecular weight excluding hydrogens is 380 g/mol. The van der Waals surface area contributed by atoms with Crippen LogP contribution in [0.15, 0.2) is 44.7 Å². The van der Waals surface area contributed by atoms with E-state index < -0.39 is 0 Å². The van der Waals surface area contributed by atoms with Crippen LogP contribution in [0.3, 0.4) is 0 Å². The molecule has 0 bridgehead atoms. The first-order valence-electron chi connectivity index (χ1n) is 5.29. The first-order valence-corrected chi connectivity index (χ1v) is 7.86. The maximum absolute atomic E-state index is 5.17. The van der Waals surface area contributed by atoms with E-state index in [0.717, 1.165) is 20.1 Å². The standard InChI is InChI=1S/C12H12Br2N2OS/c1-17-8-16-11(14)10(13)15-12(16)18-7-9-5-3-2-4-6-9/h2-6H,7-8H2,1H3. The molecule has 0 fully saturated rings. The molecule has 0 unspecified atom stereocenters. The zero-order valence-corrected chi connectivity index (χ0v) is 13.8. The lowest BCUT2D eigenvalue weighted by Crippen LogP contribution is -2.02. The molecule has 0 aliphatic carbocycles. The van der Waals surface area contributed by atoms with Crippen molar-refractivity contribution in [2.24, 2.45) is 0 Å². The van der Waals surface area contributed by atoms with Crippen LogP contribution in [0.5, 0.6) is 0 Å². The quantitative estimate of drug-likeness (QED) is 0.710. The highest BCUT2D eigenvalue weighted by Gasteiger charge is 2.13. The molecule has 0 saturated heterocycles. The Bertz CT molecular complexity index is 516. The fourth-order valence-electron chi connectivity index (χ4n) is 1.46. The van der Waals surface area contributed by atoms with Crippen LogP contribution >= 0.6 is 43.6 Å². The molecule has 6 heteroatoms. The van der Waals surface area contributed by atoms with Crippen LogP contribution in [-0.2, 0) is 17.2 Å². The lowest BCUT2D eigenvalue weighted by atomic mass is 10.2. The van der Waals surface area contributed by atoms with E-state index in [1.165, 1.54) is 5.56 Å². The predicted octanol–water partition coefficient (Wildman–Crippen LogP) is 4.30. The minimum atomic E-state index is 0.482. The number of imidazole rings is 1. The van der Waals surface area contributed by atoms with Gasteiger partial charge in [0, 0.05) is 12.9 Å². The van der Waals surface area contributed by atoms with Crippen molar-refractivity contribution in [3.63, 3.8) is 0 Å². The number of thioether (sulfide) groups is 1. The van der Waals surface area contributed by atoms with Gasteiger partial charge in [0.2, 0.25) is 0 Å². The number of rotatable bonds is 5. The minimum absolute atomic E-state index is 0.482. The first-order chi connectivity index (χ1) is 8.72. The maximum atomic E-state index is 5.17. The van der Waals surface area contributed by atoms with Gasteiger partial charge in [-0.05, 0) is 37.4 Å². The van der Waals surface area contributed by atoms with E-state index >= 15 is 0 Å². The highest BCUT2D eigenvalue weighted by molar-refractivity contribution is 9.13. The molecule has 0 radical (unpaired) electrons. The summed E-state index contributed by atoms with van der Waals surface area (Å²) in [5, 5.41) is 0.930. The largest absolute Gasteiger partial charge is 0.364 e. The molecule has 1 aromatic heterocycles. The number of hydrogen-bond donors (Lipinski definition) is 0. The maximum Gasteiger partial charge on any atom is 0.172 e. The van der Waals surface area contributed by atoms with Gasteiger partial charge in [-0.2, -0.15) is 0 Å². The second-order valence-electron chi connectivity index (χ2n) is 3.60. The van der Waals surface area contributed by atoms with Gasteiger partial charge in [0.05, 0.1) is 0 Å². The fourth-order valence-corrected chi connectivity index (χ4v) is 3.38. The van der Waals surface area contributed by atoms with Gasteiger partial charge in [-0.25, -0.2) is 4.98 Å². The molecule has 96 valence electrons. The van der Waals surface area contributed by atoms with Crippen LogP contribution in [0.25, 0.3) is 0 Å². The number of hydrogen-bond acceptors (Lipinski definition) is 3. The zero-order chi connectivity index (χ0) is 13.0. The van der Waals surface area contributed by atoms with Gasteiger partial charge in [0.15, 0.2) is 5.16 Å². The van der Waals surface area contributed by atoms with Crippen molar-refractivity contribution in [1.82, 2.24) is 9.55 Å². The van der Waals surface area contributed by atoms with E-state index in [9.17, 15) is 0 Å². The van der Waals surface area contributed by atoms with Crippen LogP contribution in [0.4, 0.5) is 0 Å². The van der Waals surface area contributed by atoms with Crippen molar-refractivity contribution in [3.8, 4) is 0 Å². The molecule has 0 atom stereocenters. The van der Waals surface area contributed by atoms with Crippen LogP contribution in [0, 0.1) is 0 Å². The van der Waals surface area contributed by atoms with E-state index in [-0.39, 0.29) is 0 Å². The molecule has 0 aliphatic heterocycles. The van der Waals surface area contributed by atoms with Crippen LogP contribution in [0.1, 0.15) is 5.56 Å². The molecule has 0 N–H and O–H groups in total. The number of methoxy groups -OCH3 is 1. The first kappa shape index (κ1) is 14.1. The summed E-state index contributed by atoms with van der Waals surface area (Å²) in [7, 11) is 1.67. The summed E-state index contributed by atoms with van der Waals surface area (Å²) in [6.07, 6.45) is 0. The van der Waals surface area contributed by atoms with E-state index in [0.29, 0.717) is 6.73 Å². The Morgan fingerprint density at radius 2 is 2.00 bits per heavy atom. The monoisotopic (exact) mass is 390 g/mol. The van der Waals surface area contributed by atoms with Gasteiger partial charge < -0.3 is 4.74 Å². The number of halogens is 2. The molecular formula is C12H12Br2N2OS. The summed E-state index contributed by atoms with van der Waals surface area (Å²) >= 11 is 8.59. The normalized spacial score (nSPS) is 10.8. The summed E-state index contributed by atoms with van der Waals surface area (Å²) in [5.74, 6) is 0.889. The minimum Gasteiger partial charge on any atom is -0.364 e. The summed E-state index contributed by atoms with van der Waals surface area (Å²) in [6.45, 7) is 0.482. The number of nitrogens with zero attached hydrogens (tertiary/aromatic N) is 2. The third kappa shape index (κ3) is 3.38. The molecule has 2 rings (SSSR count). The third-order valence-corrected chi connectivity index (χ3v) is 5.24. The number of aromatic nitrogens is 2. The summed E-state index contributed by atoms with van der Waals surface area (Å²) in [5.41, 5.74) is 1.28. The number of ether oxygens (including phenoxy) is 1. The second kappa shape index (κ2) is 6.75. The Hall–Kier alpha value is -0.300. The van der Waals surface area contributed by atoms with E-state index in [1.807, 2.05) is 22.8 Å². The Kier molecular flexibility index (Phi) is 5.29. The molecule has 0 spiro atoms. The van der Waals surface area contributed by atoms with Crippen molar-refractivity contribution < 1.29 is 4.74 Å². The Morgan fingerprint density at radius 3 is 2.67 bits per heavy atom. The second-order valence-corrected chi connectivity index (χ2v) is 6.04. The molecule has 0 aliphatic rings. The molecule has 0 saturated carbocycles. The molecule has 2 aromatic rings. The van der Waals surface area contributed by atoms with Gasteiger partial charge in [0.1, 0.15) is 15.9 Å². The highest BCUT2D eigenvalue weighted by Crippen LogP contribution is 2.30. The topological polar surface area (TPSA) is 27.1 Å². The van der Waals surface area contributed by atoms with Crippen LogP contribution in [0.2, 0.25) is 0 Å². The SMILES string of the molecule is COCn1c(SCc2ccccc2)nc(Br)c1Br. The van der Waals surface area contributed by atoms with Crippen molar-refractivity contribution >= 4 is 43.6 Å². The van der Waals surface area contributed by atoms with Gasteiger partial charge in [-0.3, -0.25) is 4.57 Å². The van der Waals surface area contributed by atoms with Gasteiger partial charge in [0.25, 0.3) is 0 Å². The summed E-state index contributed by atoms with van der Waals surface area (Å²) in [4.78, 5) is 4.46. The Labute approximate surface area is 127 Å².